The quantitative estimate of drug-likeness (QED) is 0.883. The molecule has 1 atom stereocenters. The van der Waals surface area contributed by atoms with E-state index < -0.39 is 0 Å². The molecule has 0 saturated carbocycles. The van der Waals surface area contributed by atoms with Crippen LogP contribution in [0.1, 0.15) is 23.6 Å². The first-order valence-corrected chi connectivity index (χ1v) is 8.40. The molecule has 2 nitrogen and oxygen atoms in total. The number of aryl methyl sites for hydroxylation is 1. The molecular weight excluding hydrogens is 276 g/mol. The maximum Gasteiger partial charge on any atom is 0.0532 e. The van der Waals surface area contributed by atoms with Gasteiger partial charge in [-0.3, -0.25) is 0 Å². The number of benzene rings is 2. The number of hydrogen-bond donors (Lipinski definition) is 1. The molecule has 0 aliphatic carbocycles. The summed E-state index contributed by atoms with van der Waals surface area (Å²) in [6, 6.07) is 15.8. The van der Waals surface area contributed by atoms with Crippen molar-refractivity contribution in [2.24, 2.45) is 0 Å². The third kappa shape index (κ3) is 3.03. The van der Waals surface area contributed by atoms with E-state index in [1.807, 2.05) is 11.8 Å². The van der Waals surface area contributed by atoms with Crippen LogP contribution in [0.25, 0.3) is 0 Å². The van der Waals surface area contributed by atoms with Crippen molar-refractivity contribution in [2.45, 2.75) is 24.3 Å². The molecule has 1 unspecified atom stereocenters. The molecule has 1 aliphatic rings. The Balaban J connectivity index is 1.85. The summed E-state index contributed by atoms with van der Waals surface area (Å²) < 4.78 is 0. The second-order valence-corrected chi connectivity index (χ2v) is 6.90. The van der Waals surface area contributed by atoms with E-state index in [-0.39, 0.29) is 0 Å². The zero-order valence-electron chi connectivity index (χ0n) is 12.9. The van der Waals surface area contributed by atoms with Gasteiger partial charge in [0.2, 0.25) is 0 Å². The first-order valence-electron chi connectivity index (χ1n) is 7.41. The van der Waals surface area contributed by atoms with Crippen LogP contribution in [0, 0.1) is 6.92 Å². The van der Waals surface area contributed by atoms with Gasteiger partial charge >= 0.3 is 0 Å². The zero-order valence-corrected chi connectivity index (χ0v) is 13.7. The van der Waals surface area contributed by atoms with Crippen LogP contribution < -0.4 is 10.2 Å². The lowest BCUT2D eigenvalue weighted by Crippen LogP contribution is -2.17. The van der Waals surface area contributed by atoms with Gasteiger partial charge in [0.1, 0.15) is 0 Å². The molecule has 2 aromatic rings. The van der Waals surface area contributed by atoms with Crippen molar-refractivity contribution >= 4 is 23.1 Å². The summed E-state index contributed by atoms with van der Waals surface area (Å²) in [5.74, 6) is 1.18. The van der Waals surface area contributed by atoms with E-state index in [1.165, 1.54) is 39.6 Å². The number of hydrogen-bond acceptors (Lipinski definition) is 3. The van der Waals surface area contributed by atoms with Gasteiger partial charge < -0.3 is 10.2 Å². The van der Waals surface area contributed by atoms with Crippen LogP contribution in [0.2, 0.25) is 0 Å². The van der Waals surface area contributed by atoms with Crippen LogP contribution in [0.3, 0.4) is 0 Å². The molecule has 0 radical (unpaired) electrons. The Hall–Kier alpha value is -1.61. The van der Waals surface area contributed by atoms with Gasteiger partial charge in [-0.05, 0) is 48.7 Å². The third-order valence-electron chi connectivity index (χ3n) is 4.01. The molecule has 0 aromatic heterocycles. The number of nitrogens with one attached hydrogen (secondary N) is 1. The zero-order chi connectivity index (χ0) is 14.8. The molecule has 110 valence electrons. The van der Waals surface area contributed by atoms with E-state index in [2.05, 4.69) is 73.7 Å². The molecule has 2 aromatic carbocycles. The van der Waals surface area contributed by atoms with Crippen LogP contribution in [-0.4, -0.2) is 19.8 Å². The third-order valence-corrected chi connectivity index (χ3v) is 5.14. The minimum atomic E-state index is 0.423. The molecule has 3 heteroatoms. The first-order chi connectivity index (χ1) is 10.1. The summed E-state index contributed by atoms with van der Waals surface area (Å²) in [5.41, 5.74) is 5.23. The topological polar surface area (TPSA) is 15.3 Å². The Morgan fingerprint density at radius 1 is 1.14 bits per heavy atom. The average Bonchev–Trinajstić information content (AvgIpc) is 2.49. The van der Waals surface area contributed by atoms with Gasteiger partial charge in [-0.25, -0.2) is 0 Å². The maximum absolute atomic E-state index is 3.74. The highest BCUT2D eigenvalue weighted by atomic mass is 32.2. The van der Waals surface area contributed by atoms with Gasteiger partial charge in [0, 0.05) is 36.1 Å². The second kappa shape index (κ2) is 6.02. The minimum absolute atomic E-state index is 0.423. The van der Waals surface area contributed by atoms with E-state index in [0.717, 1.165) is 0 Å². The Bertz CT molecular complexity index is 637. The highest BCUT2D eigenvalue weighted by Crippen LogP contribution is 2.38. The molecule has 0 amide bonds. The number of rotatable bonds is 3. The van der Waals surface area contributed by atoms with Crippen molar-refractivity contribution in [1.29, 1.82) is 0 Å². The average molecular weight is 298 g/mol. The van der Waals surface area contributed by atoms with Crippen LogP contribution >= 0.6 is 11.8 Å². The predicted octanol–water partition coefficient (Wildman–Crippen LogP) is 4.71. The molecule has 21 heavy (non-hydrogen) atoms. The number of fused-ring (bicyclic) bond motifs is 1. The van der Waals surface area contributed by atoms with Crippen LogP contribution in [0.5, 0.6) is 0 Å². The highest BCUT2D eigenvalue weighted by molar-refractivity contribution is 7.99. The Morgan fingerprint density at radius 2 is 1.95 bits per heavy atom. The van der Waals surface area contributed by atoms with Gasteiger partial charge in [0.15, 0.2) is 0 Å². The maximum atomic E-state index is 3.74. The van der Waals surface area contributed by atoms with Crippen LogP contribution in [-0.2, 0) is 0 Å². The van der Waals surface area contributed by atoms with E-state index in [0.29, 0.717) is 6.04 Å². The second-order valence-electron chi connectivity index (χ2n) is 5.77. The lowest BCUT2D eigenvalue weighted by Gasteiger charge is -2.27. The van der Waals surface area contributed by atoms with Gasteiger partial charge in [0.25, 0.3) is 0 Å². The molecule has 3 rings (SSSR count). The Labute approximate surface area is 131 Å². The van der Waals surface area contributed by atoms with Gasteiger partial charge in [-0.15, -0.1) is 11.8 Å². The van der Waals surface area contributed by atoms with Gasteiger partial charge in [-0.2, -0.15) is 0 Å². The lowest BCUT2D eigenvalue weighted by molar-refractivity contribution is 0.728. The fourth-order valence-corrected chi connectivity index (χ4v) is 3.89. The van der Waals surface area contributed by atoms with Crippen LogP contribution in [0.4, 0.5) is 11.4 Å². The van der Waals surface area contributed by atoms with Gasteiger partial charge in [0.05, 0.1) is 6.04 Å². The summed E-state index contributed by atoms with van der Waals surface area (Å²) in [5, 5.41) is 3.74. The number of nitrogens with zero attached hydrogens (tertiary/aromatic N) is 1. The molecule has 0 bridgehead atoms. The standard InChI is InChI=1S/C18H22N2S/c1-13-12-14(20(2)3)8-9-16(13)19-17-10-11-21-18-7-5-4-6-15(17)18/h4-9,12,17,19H,10-11H2,1-3H3. The van der Waals surface area contributed by atoms with E-state index in [9.17, 15) is 0 Å². The smallest absolute Gasteiger partial charge is 0.0532 e. The highest BCUT2D eigenvalue weighted by Gasteiger charge is 2.20. The Kier molecular flexibility index (Phi) is 4.11. The molecule has 0 spiro atoms. The van der Waals surface area contributed by atoms with Crippen molar-refractivity contribution in [2.75, 3.05) is 30.1 Å². The van der Waals surface area contributed by atoms with E-state index >= 15 is 0 Å². The van der Waals surface area contributed by atoms with Crippen molar-refractivity contribution in [3.63, 3.8) is 0 Å². The van der Waals surface area contributed by atoms with E-state index in [4.69, 9.17) is 0 Å². The molecule has 1 N–H and O–H groups in total. The fraction of sp³-hybridized carbons (Fsp3) is 0.333. The lowest BCUT2D eigenvalue weighted by atomic mass is 10.0. The van der Waals surface area contributed by atoms with Crippen molar-refractivity contribution < 1.29 is 0 Å². The summed E-state index contributed by atoms with van der Waals surface area (Å²) >= 11 is 1.97. The summed E-state index contributed by atoms with van der Waals surface area (Å²) in [6.07, 6.45) is 1.18. The number of anilines is 2. The SMILES string of the molecule is Cc1cc(N(C)C)ccc1NC1CCSc2ccccc21. The first kappa shape index (κ1) is 14.3. The van der Waals surface area contributed by atoms with Crippen molar-refractivity contribution in [3.8, 4) is 0 Å². The van der Waals surface area contributed by atoms with Gasteiger partial charge in [-0.1, -0.05) is 18.2 Å². The molecule has 0 fully saturated rings. The van der Waals surface area contributed by atoms with E-state index in [1.54, 1.807) is 0 Å². The van der Waals surface area contributed by atoms with Crippen molar-refractivity contribution in [1.82, 2.24) is 0 Å². The normalized spacial score (nSPS) is 17.2. The fourth-order valence-electron chi connectivity index (χ4n) is 2.77. The predicted molar refractivity (Wildman–Crippen MR) is 93.7 cm³/mol. The van der Waals surface area contributed by atoms with Crippen LogP contribution in [0.15, 0.2) is 47.4 Å². The number of thioether (sulfide) groups is 1. The largest absolute Gasteiger partial charge is 0.378 e. The van der Waals surface area contributed by atoms with Crippen molar-refractivity contribution in [3.05, 3.63) is 53.6 Å². The molecule has 1 aliphatic heterocycles. The summed E-state index contributed by atoms with van der Waals surface area (Å²) in [7, 11) is 4.16. The minimum Gasteiger partial charge on any atom is -0.378 e. The summed E-state index contributed by atoms with van der Waals surface area (Å²) in [6.45, 7) is 2.18. The Morgan fingerprint density at radius 3 is 2.71 bits per heavy atom. The molecule has 1 heterocycles. The molecular formula is C18H22N2S. The monoisotopic (exact) mass is 298 g/mol. The summed E-state index contributed by atoms with van der Waals surface area (Å²) in [4.78, 5) is 3.56. The molecule has 0 saturated heterocycles.